The Morgan fingerprint density at radius 1 is 0.917 bits per heavy atom. The van der Waals surface area contributed by atoms with E-state index in [2.05, 4.69) is 20.0 Å². The predicted octanol–water partition coefficient (Wildman–Crippen LogP) is 1.97. The largest absolute Gasteiger partial charge is 0.368 e. The maximum atomic E-state index is 13.4. The molecule has 0 unspecified atom stereocenters. The molecule has 124 valence electrons. The first-order valence-corrected chi connectivity index (χ1v) is 7.70. The molecular formula is C16H16F2N6. The van der Waals surface area contributed by atoms with E-state index in [0.29, 0.717) is 31.9 Å². The van der Waals surface area contributed by atoms with Crippen molar-refractivity contribution in [3.05, 3.63) is 42.4 Å². The Hall–Kier alpha value is -2.77. The lowest BCUT2D eigenvalue weighted by atomic mass is 10.2. The maximum Gasteiger partial charge on any atom is 0.163 e. The average Bonchev–Trinajstić information content (AvgIpc) is 2.96. The lowest BCUT2D eigenvalue weighted by molar-refractivity contribution is 0.578. The van der Waals surface area contributed by atoms with Crippen molar-refractivity contribution in [2.75, 3.05) is 36.0 Å². The van der Waals surface area contributed by atoms with Crippen molar-refractivity contribution >= 4 is 22.5 Å². The van der Waals surface area contributed by atoms with Crippen LogP contribution in [-0.4, -0.2) is 45.9 Å². The number of rotatable bonds is 2. The number of aryl methyl sites for hydroxylation is 1. The topological polar surface area (TPSA) is 50.1 Å². The molecule has 0 N–H and O–H groups in total. The van der Waals surface area contributed by atoms with Crippen LogP contribution in [0.4, 0.5) is 20.3 Å². The minimum absolute atomic E-state index is 0.555. The van der Waals surface area contributed by atoms with Gasteiger partial charge in [0.05, 0.1) is 11.6 Å². The third-order valence-corrected chi connectivity index (χ3v) is 4.30. The lowest BCUT2D eigenvalue weighted by Gasteiger charge is -2.36. The predicted molar refractivity (Wildman–Crippen MR) is 87.1 cm³/mol. The Bertz CT molecular complexity index is 865. The first kappa shape index (κ1) is 14.8. The van der Waals surface area contributed by atoms with Crippen LogP contribution in [0.25, 0.3) is 11.0 Å². The molecule has 0 aliphatic carbocycles. The molecule has 0 bridgehead atoms. The number of aromatic nitrogens is 4. The number of hydrogen-bond acceptors (Lipinski definition) is 5. The molecule has 1 fully saturated rings. The number of anilines is 2. The van der Waals surface area contributed by atoms with Crippen LogP contribution in [-0.2, 0) is 7.05 Å². The molecule has 2 aromatic heterocycles. The summed E-state index contributed by atoms with van der Waals surface area (Å²) >= 11 is 0. The van der Waals surface area contributed by atoms with Gasteiger partial charge in [0, 0.05) is 45.0 Å². The molecule has 0 atom stereocenters. The van der Waals surface area contributed by atoms with Gasteiger partial charge < -0.3 is 9.80 Å². The van der Waals surface area contributed by atoms with E-state index >= 15 is 0 Å². The SMILES string of the molecule is Cn1ncc2c(N3CCN(c4cc(F)cc(F)c4)CC3)ncnc21. The molecule has 0 spiro atoms. The maximum absolute atomic E-state index is 13.4. The minimum Gasteiger partial charge on any atom is -0.368 e. The Morgan fingerprint density at radius 3 is 2.29 bits per heavy atom. The molecule has 1 aliphatic rings. The van der Waals surface area contributed by atoms with Gasteiger partial charge in [0.2, 0.25) is 0 Å². The number of nitrogens with zero attached hydrogens (tertiary/aromatic N) is 6. The second-order valence-corrected chi connectivity index (χ2v) is 5.80. The van der Waals surface area contributed by atoms with Crippen LogP contribution < -0.4 is 9.80 Å². The molecule has 8 heteroatoms. The highest BCUT2D eigenvalue weighted by Crippen LogP contribution is 2.25. The van der Waals surface area contributed by atoms with E-state index < -0.39 is 11.6 Å². The Morgan fingerprint density at radius 2 is 1.58 bits per heavy atom. The molecule has 0 amide bonds. The molecular weight excluding hydrogens is 314 g/mol. The summed E-state index contributed by atoms with van der Waals surface area (Å²) in [7, 11) is 1.84. The molecule has 0 radical (unpaired) electrons. The fraction of sp³-hybridized carbons (Fsp3) is 0.312. The molecule has 1 saturated heterocycles. The first-order valence-electron chi connectivity index (χ1n) is 7.70. The quantitative estimate of drug-likeness (QED) is 0.719. The Labute approximate surface area is 137 Å². The van der Waals surface area contributed by atoms with Gasteiger partial charge in [0.15, 0.2) is 5.65 Å². The smallest absolute Gasteiger partial charge is 0.163 e. The van der Waals surface area contributed by atoms with Gasteiger partial charge in [-0.3, -0.25) is 4.68 Å². The van der Waals surface area contributed by atoms with Crippen molar-refractivity contribution in [2.24, 2.45) is 7.05 Å². The van der Waals surface area contributed by atoms with Crippen molar-refractivity contribution in [2.45, 2.75) is 0 Å². The highest BCUT2D eigenvalue weighted by Gasteiger charge is 2.21. The summed E-state index contributed by atoms with van der Waals surface area (Å²) < 4.78 is 28.5. The van der Waals surface area contributed by atoms with E-state index in [4.69, 9.17) is 0 Å². The van der Waals surface area contributed by atoms with Crippen LogP contribution >= 0.6 is 0 Å². The van der Waals surface area contributed by atoms with Gasteiger partial charge in [-0.2, -0.15) is 5.10 Å². The fourth-order valence-corrected chi connectivity index (χ4v) is 3.10. The van der Waals surface area contributed by atoms with Gasteiger partial charge in [0.1, 0.15) is 23.8 Å². The zero-order chi connectivity index (χ0) is 16.7. The summed E-state index contributed by atoms with van der Waals surface area (Å²) in [6.45, 7) is 2.74. The normalized spacial score (nSPS) is 15.3. The summed E-state index contributed by atoms with van der Waals surface area (Å²) in [5.41, 5.74) is 1.36. The van der Waals surface area contributed by atoms with Crippen molar-refractivity contribution in [3.8, 4) is 0 Å². The van der Waals surface area contributed by atoms with Gasteiger partial charge in [-0.15, -0.1) is 0 Å². The monoisotopic (exact) mass is 330 g/mol. The second-order valence-electron chi connectivity index (χ2n) is 5.80. The molecule has 1 aliphatic heterocycles. The van der Waals surface area contributed by atoms with E-state index in [9.17, 15) is 8.78 Å². The molecule has 0 saturated carbocycles. The van der Waals surface area contributed by atoms with E-state index in [-0.39, 0.29) is 0 Å². The molecule has 3 heterocycles. The van der Waals surface area contributed by atoms with Gasteiger partial charge in [-0.1, -0.05) is 0 Å². The number of hydrogen-bond donors (Lipinski definition) is 0. The number of piperazine rings is 1. The molecule has 24 heavy (non-hydrogen) atoms. The molecule has 6 nitrogen and oxygen atoms in total. The fourth-order valence-electron chi connectivity index (χ4n) is 3.10. The van der Waals surface area contributed by atoms with E-state index in [0.717, 1.165) is 22.9 Å². The third kappa shape index (κ3) is 2.53. The van der Waals surface area contributed by atoms with Crippen molar-refractivity contribution in [1.29, 1.82) is 0 Å². The molecule has 4 rings (SSSR count). The highest BCUT2D eigenvalue weighted by atomic mass is 19.1. The number of halogens is 2. The Kier molecular flexibility index (Phi) is 3.51. The van der Waals surface area contributed by atoms with Crippen LogP contribution in [0.3, 0.4) is 0 Å². The van der Waals surface area contributed by atoms with E-state index in [1.165, 1.54) is 18.5 Å². The first-order chi connectivity index (χ1) is 11.6. The third-order valence-electron chi connectivity index (χ3n) is 4.30. The van der Waals surface area contributed by atoms with Crippen molar-refractivity contribution < 1.29 is 8.78 Å². The number of fused-ring (bicyclic) bond motifs is 1. The van der Waals surface area contributed by atoms with Crippen LogP contribution in [0.2, 0.25) is 0 Å². The molecule has 1 aromatic carbocycles. The van der Waals surface area contributed by atoms with Gasteiger partial charge >= 0.3 is 0 Å². The van der Waals surface area contributed by atoms with Crippen LogP contribution in [0.1, 0.15) is 0 Å². The highest BCUT2D eigenvalue weighted by molar-refractivity contribution is 5.86. The molecule has 3 aromatic rings. The standard InChI is InChI=1S/C16H16F2N6/c1-22-15-14(9-21-22)16(20-10-19-15)24-4-2-23(3-5-24)13-7-11(17)6-12(18)8-13/h6-10H,2-5H2,1H3. The van der Waals surface area contributed by atoms with Crippen molar-refractivity contribution in [1.82, 2.24) is 19.7 Å². The summed E-state index contributed by atoms with van der Waals surface area (Å²) in [5.74, 6) is -0.265. The minimum atomic E-state index is -0.555. The number of benzene rings is 1. The average molecular weight is 330 g/mol. The van der Waals surface area contributed by atoms with Crippen LogP contribution in [0.15, 0.2) is 30.7 Å². The second kappa shape index (κ2) is 5.70. The van der Waals surface area contributed by atoms with E-state index in [1.54, 1.807) is 10.9 Å². The summed E-state index contributed by atoms with van der Waals surface area (Å²) in [6.07, 6.45) is 3.30. The van der Waals surface area contributed by atoms with Gasteiger partial charge in [0.25, 0.3) is 0 Å². The van der Waals surface area contributed by atoms with Gasteiger partial charge in [-0.05, 0) is 12.1 Å². The lowest BCUT2D eigenvalue weighted by Crippen LogP contribution is -2.47. The zero-order valence-electron chi connectivity index (χ0n) is 13.2. The summed E-state index contributed by atoms with van der Waals surface area (Å²) in [6, 6.07) is 3.62. The van der Waals surface area contributed by atoms with Gasteiger partial charge in [-0.25, -0.2) is 18.7 Å². The van der Waals surface area contributed by atoms with Crippen molar-refractivity contribution in [3.63, 3.8) is 0 Å². The Balaban J connectivity index is 1.55. The van der Waals surface area contributed by atoms with E-state index in [1.807, 2.05) is 11.9 Å². The summed E-state index contributed by atoms with van der Waals surface area (Å²) in [4.78, 5) is 12.8. The summed E-state index contributed by atoms with van der Waals surface area (Å²) in [5, 5.41) is 5.13. The van der Waals surface area contributed by atoms with Crippen LogP contribution in [0, 0.1) is 11.6 Å². The van der Waals surface area contributed by atoms with Crippen LogP contribution in [0.5, 0.6) is 0 Å². The zero-order valence-corrected chi connectivity index (χ0v) is 13.2.